The lowest BCUT2D eigenvalue weighted by Crippen LogP contribution is -2.33. The summed E-state index contributed by atoms with van der Waals surface area (Å²) < 4.78 is 11.7. The van der Waals surface area contributed by atoms with E-state index in [2.05, 4.69) is 55.5 Å². The highest BCUT2D eigenvalue weighted by molar-refractivity contribution is 5.83. The molecule has 3 aromatic carbocycles. The van der Waals surface area contributed by atoms with Crippen molar-refractivity contribution in [1.82, 2.24) is 0 Å². The van der Waals surface area contributed by atoms with Gasteiger partial charge < -0.3 is 9.47 Å². The largest absolute Gasteiger partial charge is 0.497 e. The van der Waals surface area contributed by atoms with Crippen LogP contribution in [0.4, 0.5) is 0 Å². The molecule has 0 saturated heterocycles. The molecule has 0 radical (unpaired) electrons. The lowest BCUT2D eigenvalue weighted by Gasteiger charge is -2.36. The zero-order valence-electron chi connectivity index (χ0n) is 13.5. The number of ether oxygens (including phenoxy) is 2. The van der Waals surface area contributed by atoms with Gasteiger partial charge in [0, 0.05) is 0 Å². The van der Waals surface area contributed by atoms with Crippen LogP contribution in [0.1, 0.15) is 24.5 Å². The molecular formula is C21H20O2. The van der Waals surface area contributed by atoms with Crippen LogP contribution < -0.4 is 9.47 Å². The summed E-state index contributed by atoms with van der Waals surface area (Å²) >= 11 is 0. The molecule has 116 valence electrons. The van der Waals surface area contributed by atoms with Crippen LogP contribution in [0.25, 0.3) is 10.8 Å². The maximum Gasteiger partial charge on any atom is 0.132 e. The van der Waals surface area contributed by atoms with Crippen molar-refractivity contribution < 1.29 is 9.47 Å². The minimum absolute atomic E-state index is 0.286. The third-order valence-electron chi connectivity index (χ3n) is 4.83. The fourth-order valence-electron chi connectivity index (χ4n) is 3.37. The fraction of sp³-hybridized carbons (Fsp3) is 0.238. The molecule has 1 unspecified atom stereocenters. The van der Waals surface area contributed by atoms with Crippen LogP contribution in [0, 0.1) is 0 Å². The van der Waals surface area contributed by atoms with Gasteiger partial charge in [-0.3, -0.25) is 0 Å². The molecule has 23 heavy (non-hydrogen) atoms. The van der Waals surface area contributed by atoms with E-state index in [1.165, 1.54) is 21.9 Å². The van der Waals surface area contributed by atoms with Crippen LogP contribution in [0.15, 0.2) is 60.7 Å². The van der Waals surface area contributed by atoms with Gasteiger partial charge in [0.15, 0.2) is 0 Å². The molecule has 0 N–H and O–H groups in total. The minimum atomic E-state index is -0.286. The number of benzene rings is 3. The topological polar surface area (TPSA) is 18.5 Å². The summed E-state index contributed by atoms with van der Waals surface area (Å²) in [7, 11) is 1.70. The molecule has 1 aliphatic heterocycles. The molecular weight excluding hydrogens is 284 g/mol. The van der Waals surface area contributed by atoms with Crippen LogP contribution in [0.3, 0.4) is 0 Å². The highest BCUT2D eigenvalue weighted by Gasteiger charge is 2.33. The van der Waals surface area contributed by atoms with Gasteiger partial charge in [0.1, 0.15) is 17.1 Å². The van der Waals surface area contributed by atoms with E-state index in [4.69, 9.17) is 9.47 Å². The van der Waals surface area contributed by atoms with E-state index < -0.39 is 0 Å². The van der Waals surface area contributed by atoms with Gasteiger partial charge >= 0.3 is 0 Å². The van der Waals surface area contributed by atoms with Gasteiger partial charge in [0.2, 0.25) is 0 Å². The van der Waals surface area contributed by atoms with Crippen LogP contribution >= 0.6 is 0 Å². The second-order valence-electron chi connectivity index (χ2n) is 6.37. The van der Waals surface area contributed by atoms with E-state index in [0.717, 1.165) is 24.3 Å². The molecule has 2 heteroatoms. The second kappa shape index (κ2) is 5.31. The molecule has 1 aliphatic rings. The molecule has 0 aliphatic carbocycles. The summed E-state index contributed by atoms with van der Waals surface area (Å²) in [5.74, 6) is 1.86. The van der Waals surface area contributed by atoms with Crippen molar-refractivity contribution in [3.63, 3.8) is 0 Å². The van der Waals surface area contributed by atoms with Gasteiger partial charge in [-0.1, -0.05) is 36.4 Å². The molecule has 3 aromatic rings. The van der Waals surface area contributed by atoms with E-state index in [1.54, 1.807) is 7.11 Å². The standard InChI is InChI=1S/C21H20O2/c1-21(18-8-7-15-5-3-4-6-16(15)13-18)12-11-17-14-19(22-2)9-10-20(17)23-21/h3-10,13-14H,11-12H2,1-2H3. The van der Waals surface area contributed by atoms with Crippen molar-refractivity contribution in [2.45, 2.75) is 25.4 Å². The zero-order chi connectivity index (χ0) is 15.9. The van der Waals surface area contributed by atoms with Crippen LogP contribution in [-0.4, -0.2) is 7.11 Å². The van der Waals surface area contributed by atoms with E-state index in [9.17, 15) is 0 Å². The quantitative estimate of drug-likeness (QED) is 0.656. The Bertz CT molecular complexity index is 869. The van der Waals surface area contributed by atoms with Crippen LogP contribution in [0.5, 0.6) is 11.5 Å². The van der Waals surface area contributed by atoms with Crippen molar-refractivity contribution in [3.05, 3.63) is 71.8 Å². The van der Waals surface area contributed by atoms with E-state index in [1.807, 2.05) is 12.1 Å². The van der Waals surface area contributed by atoms with Gasteiger partial charge in [0.25, 0.3) is 0 Å². The zero-order valence-corrected chi connectivity index (χ0v) is 13.5. The number of fused-ring (bicyclic) bond motifs is 2. The Morgan fingerprint density at radius 2 is 1.78 bits per heavy atom. The highest BCUT2D eigenvalue weighted by Crippen LogP contribution is 2.41. The highest BCUT2D eigenvalue weighted by atomic mass is 16.5. The first kappa shape index (κ1) is 14.1. The van der Waals surface area contributed by atoms with Crippen molar-refractivity contribution >= 4 is 10.8 Å². The van der Waals surface area contributed by atoms with Crippen LogP contribution in [0.2, 0.25) is 0 Å². The molecule has 0 bridgehead atoms. The first-order chi connectivity index (χ1) is 11.2. The molecule has 0 amide bonds. The summed E-state index contributed by atoms with van der Waals surface area (Å²) in [5.41, 5.74) is 2.17. The average Bonchev–Trinajstić information content (AvgIpc) is 2.61. The molecule has 0 saturated carbocycles. The summed E-state index contributed by atoms with van der Waals surface area (Å²) in [6.45, 7) is 2.18. The number of hydrogen-bond donors (Lipinski definition) is 0. The number of aryl methyl sites for hydroxylation is 1. The van der Waals surface area contributed by atoms with Crippen molar-refractivity contribution in [1.29, 1.82) is 0 Å². The van der Waals surface area contributed by atoms with Gasteiger partial charge in [-0.15, -0.1) is 0 Å². The number of methoxy groups -OCH3 is 1. The summed E-state index contributed by atoms with van der Waals surface area (Å²) in [5, 5.41) is 2.52. The first-order valence-corrected chi connectivity index (χ1v) is 8.03. The molecule has 2 nitrogen and oxygen atoms in total. The molecule has 4 rings (SSSR count). The molecule has 0 spiro atoms. The molecule has 1 heterocycles. The van der Waals surface area contributed by atoms with Gasteiger partial charge in [-0.25, -0.2) is 0 Å². The Balaban J connectivity index is 1.72. The van der Waals surface area contributed by atoms with Crippen molar-refractivity contribution in [3.8, 4) is 11.5 Å². The summed E-state index contributed by atoms with van der Waals surface area (Å²) in [4.78, 5) is 0. The van der Waals surface area contributed by atoms with Crippen molar-refractivity contribution in [2.75, 3.05) is 7.11 Å². The molecule has 1 atom stereocenters. The van der Waals surface area contributed by atoms with E-state index >= 15 is 0 Å². The fourth-order valence-corrected chi connectivity index (χ4v) is 3.37. The van der Waals surface area contributed by atoms with E-state index in [0.29, 0.717) is 0 Å². The van der Waals surface area contributed by atoms with E-state index in [-0.39, 0.29) is 5.60 Å². The summed E-state index contributed by atoms with van der Waals surface area (Å²) in [6.07, 6.45) is 1.96. The number of rotatable bonds is 2. The third-order valence-corrected chi connectivity index (χ3v) is 4.83. The SMILES string of the molecule is COc1ccc2c(c1)CCC(C)(c1ccc3ccccc3c1)O2. The normalized spacial score (nSPS) is 19.9. The minimum Gasteiger partial charge on any atom is -0.497 e. The summed E-state index contributed by atoms with van der Waals surface area (Å²) in [6, 6.07) is 21.1. The maximum atomic E-state index is 6.40. The lowest BCUT2D eigenvalue weighted by molar-refractivity contribution is 0.0625. The van der Waals surface area contributed by atoms with Gasteiger partial charge in [-0.05, 0) is 65.9 Å². The van der Waals surface area contributed by atoms with Gasteiger partial charge in [0.05, 0.1) is 7.11 Å². The maximum absolute atomic E-state index is 6.40. The monoisotopic (exact) mass is 304 g/mol. The second-order valence-corrected chi connectivity index (χ2v) is 6.37. The number of hydrogen-bond acceptors (Lipinski definition) is 2. The predicted octanol–water partition coefficient (Wildman–Crippen LogP) is 5.09. The lowest BCUT2D eigenvalue weighted by atomic mass is 9.85. The average molecular weight is 304 g/mol. The Kier molecular flexibility index (Phi) is 3.26. The Hall–Kier alpha value is -2.48. The smallest absolute Gasteiger partial charge is 0.132 e. The van der Waals surface area contributed by atoms with Crippen molar-refractivity contribution in [2.24, 2.45) is 0 Å². The predicted molar refractivity (Wildman–Crippen MR) is 93.2 cm³/mol. The third kappa shape index (κ3) is 2.44. The van der Waals surface area contributed by atoms with Gasteiger partial charge in [-0.2, -0.15) is 0 Å². The Morgan fingerprint density at radius 3 is 2.61 bits per heavy atom. The molecule has 0 fully saturated rings. The first-order valence-electron chi connectivity index (χ1n) is 8.03. The van der Waals surface area contributed by atoms with Crippen LogP contribution in [-0.2, 0) is 12.0 Å². The Labute approximate surface area is 136 Å². The molecule has 0 aromatic heterocycles. The Morgan fingerprint density at radius 1 is 0.957 bits per heavy atom.